The number of nitrogens with zero attached hydrogens (tertiary/aromatic N) is 5. The van der Waals surface area contributed by atoms with Crippen LogP contribution in [-0.2, 0) is 0 Å². The van der Waals surface area contributed by atoms with Gasteiger partial charge in [-0.1, -0.05) is 24.2 Å². The Morgan fingerprint density at radius 2 is 2.00 bits per heavy atom. The lowest BCUT2D eigenvalue weighted by Gasteiger charge is -2.35. The van der Waals surface area contributed by atoms with Crippen LogP contribution in [0.5, 0.6) is 0 Å². The molecule has 0 bridgehead atoms. The van der Waals surface area contributed by atoms with E-state index >= 15 is 0 Å². The van der Waals surface area contributed by atoms with Gasteiger partial charge in [-0.05, 0) is 44.2 Å². The van der Waals surface area contributed by atoms with Crippen LogP contribution >= 0.6 is 11.6 Å². The van der Waals surface area contributed by atoms with Crippen molar-refractivity contribution >= 4 is 47.2 Å². The molecule has 4 heterocycles. The van der Waals surface area contributed by atoms with Crippen LogP contribution in [0.2, 0.25) is 5.02 Å². The van der Waals surface area contributed by atoms with Crippen LogP contribution in [0.3, 0.4) is 0 Å². The van der Waals surface area contributed by atoms with Gasteiger partial charge in [0, 0.05) is 67.0 Å². The van der Waals surface area contributed by atoms with Gasteiger partial charge in [-0.25, -0.2) is 9.78 Å². The fraction of sp³-hybridized carbons (Fsp3) is 0.370. The third-order valence-electron chi connectivity index (χ3n) is 7.49. The minimum absolute atomic E-state index is 0.279. The van der Waals surface area contributed by atoms with Crippen molar-refractivity contribution in [1.29, 1.82) is 0 Å². The molecule has 0 radical (unpaired) electrons. The van der Waals surface area contributed by atoms with Gasteiger partial charge in [-0.2, -0.15) is 9.61 Å². The Hall–Kier alpha value is -3.60. The molecule has 0 atom stereocenters. The summed E-state index contributed by atoms with van der Waals surface area (Å²) in [6.07, 6.45) is 6.02. The highest BCUT2D eigenvalue weighted by molar-refractivity contribution is 6.30. The average Bonchev–Trinajstić information content (AvgIpc) is 3.41. The minimum atomic E-state index is -0.300. The van der Waals surface area contributed by atoms with Gasteiger partial charge in [0.15, 0.2) is 5.65 Å². The molecule has 6 rings (SSSR count). The molecule has 2 aliphatic rings. The number of aromatic amines is 2. The van der Waals surface area contributed by atoms with Crippen molar-refractivity contribution in [2.75, 3.05) is 56.9 Å². The van der Waals surface area contributed by atoms with Gasteiger partial charge in [0.2, 0.25) is 0 Å². The van der Waals surface area contributed by atoms with E-state index in [-0.39, 0.29) is 11.1 Å². The third kappa shape index (κ3) is 5.33. The summed E-state index contributed by atoms with van der Waals surface area (Å²) in [5.74, 6) is 1.51. The van der Waals surface area contributed by atoms with Gasteiger partial charge in [0.1, 0.15) is 11.6 Å². The fourth-order valence-corrected chi connectivity index (χ4v) is 5.21. The number of benzene rings is 1. The van der Waals surface area contributed by atoms with Crippen molar-refractivity contribution in [3.05, 3.63) is 68.3 Å². The first-order chi connectivity index (χ1) is 18.4. The van der Waals surface area contributed by atoms with Gasteiger partial charge < -0.3 is 30.4 Å². The van der Waals surface area contributed by atoms with Crippen LogP contribution in [0.15, 0.2) is 41.3 Å². The number of rotatable bonds is 8. The standard InChI is InChI=1S/C27H32ClN9O/c1-18-22(33-26(38)31-18)12-19-15-30-37-24(14-23(34-25(19)37)32-21-5-3-4-20(28)13-21)29-16-27(6-7-27)17-36-10-8-35(2)9-11-36/h3-5,12-15,29H,1,6-11,16-17H2,2H3,(H,32,34)(H2,31,33,38)/b22-12-. The first-order valence-corrected chi connectivity index (χ1v) is 13.3. The molecule has 1 saturated heterocycles. The summed E-state index contributed by atoms with van der Waals surface area (Å²) in [7, 11) is 2.19. The summed E-state index contributed by atoms with van der Waals surface area (Å²) in [5, 5.41) is 13.4. The lowest BCUT2D eigenvalue weighted by atomic mass is 10.1. The Morgan fingerprint density at radius 1 is 1.18 bits per heavy atom. The van der Waals surface area contributed by atoms with Crippen LogP contribution < -0.4 is 27.0 Å². The highest BCUT2D eigenvalue weighted by atomic mass is 35.5. The summed E-state index contributed by atoms with van der Waals surface area (Å²) in [6.45, 7) is 10.4. The predicted octanol–water partition coefficient (Wildman–Crippen LogP) is 1.82. The number of hydrogen-bond acceptors (Lipinski definition) is 7. The number of fused-ring (bicyclic) bond motifs is 1. The molecule has 2 fully saturated rings. The van der Waals surface area contributed by atoms with E-state index in [2.05, 4.69) is 49.1 Å². The molecule has 1 aliphatic carbocycles. The van der Waals surface area contributed by atoms with Crippen molar-refractivity contribution in [3.8, 4) is 0 Å². The molecule has 4 N–H and O–H groups in total. The Bertz CT molecular complexity index is 1630. The molecule has 198 valence electrons. The van der Waals surface area contributed by atoms with Crippen molar-refractivity contribution in [2.24, 2.45) is 5.41 Å². The maximum atomic E-state index is 11.7. The van der Waals surface area contributed by atoms with E-state index in [1.807, 2.05) is 40.9 Å². The summed E-state index contributed by atoms with van der Waals surface area (Å²) in [6, 6.07) is 9.51. The molecular formula is C27H32ClN9O. The number of nitrogens with one attached hydrogen (secondary N) is 4. The first kappa shape index (κ1) is 24.7. The largest absolute Gasteiger partial charge is 0.369 e. The molecular weight excluding hydrogens is 502 g/mol. The van der Waals surface area contributed by atoms with Crippen LogP contribution in [0.4, 0.5) is 17.3 Å². The number of aromatic nitrogens is 5. The first-order valence-electron chi connectivity index (χ1n) is 12.9. The molecule has 1 aromatic carbocycles. The quantitative estimate of drug-likeness (QED) is 0.273. The van der Waals surface area contributed by atoms with Gasteiger partial charge in [0.25, 0.3) is 0 Å². The Balaban J connectivity index is 1.31. The van der Waals surface area contributed by atoms with Crippen LogP contribution in [0.1, 0.15) is 18.4 Å². The second-order valence-corrected chi connectivity index (χ2v) is 11.0. The van der Waals surface area contributed by atoms with Crippen LogP contribution in [0.25, 0.3) is 18.3 Å². The molecule has 10 nitrogen and oxygen atoms in total. The number of imidazole rings is 1. The summed E-state index contributed by atoms with van der Waals surface area (Å²) in [4.78, 5) is 27.0. The minimum Gasteiger partial charge on any atom is -0.369 e. The van der Waals surface area contributed by atoms with Crippen LogP contribution in [-0.4, -0.2) is 80.7 Å². The number of likely N-dealkylation sites (N-methyl/N-ethyl adjacent to an activating group) is 1. The van der Waals surface area contributed by atoms with E-state index in [4.69, 9.17) is 16.6 Å². The fourth-order valence-electron chi connectivity index (χ4n) is 5.02. The van der Waals surface area contributed by atoms with Gasteiger partial charge >= 0.3 is 5.69 Å². The van der Waals surface area contributed by atoms with Crippen molar-refractivity contribution in [1.82, 2.24) is 34.4 Å². The van der Waals surface area contributed by atoms with E-state index in [1.165, 1.54) is 12.8 Å². The van der Waals surface area contributed by atoms with E-state index in [0.29, 0.717) is 27.2 Å². The zero-order valence-electron chi connectivity index (χ0n) is 21.4. The highest BCUT2D eigenvalue weighted by Gasteiger charge is 2.44. The van der Waals surface area contributed by atoms with Gasteiger partial charge in [0.05, 0.1) is 16.9 Å². The normalized spacial score (nSPS) is 18.2. The summed E-state index contributed by atoms with van der Waals surface area (Å²) in [5.41, 5.74) is 2.24. The number of H-pyrrole nitrogens is 2. The van der Waals surface area contributed by atoms with Crippen molar-refractivity contribution < 1.29 is 0 Å². The van der Waals surface area contributed by atoms with Crippen molar-refractivity contribution in [2.45, 2.75) is 12.8 Å². The molecule has 0 amide bonds. The van der Waals surface area contributed by atoms with Gasteiger partial charge in [-0.3, -0.25) is 0 Å². The Labute approximate surface area is 225 Å². The molecule has 0 unspecified atom stereocenters. The second kappa shape index (κ2) is 9.94. The average molecular weight is 534 g/mol. The lowest BCUT2D eigenvalue weighted by Crippen LogP contribution is -2.47. The third-order valence-corrected chi connectivity index (χ3v) is 7.73. The lowest BCUT2D eigenvalue weighted by molar-refractivity contribution is 0.133. The number of piperazine rings is 1. The summed E-state index contributed by atoms with van der Waals surface area (Å²) < 4.78 is 1.81. The van der Waals surface area contributed by atoms with E-state index in [1.54, 1.807) is 6.20 Å². The predicted molar refractivity (Wildman–Crippen MR) is 152 cm³/mol. The molecule has 1 saturated carbocycles. The monoisotopic (exact) mass is 533 g/mol. The number of halogens is 1. The Kier molecular flexibility index (Phi) is 6.46. The van der Waals surface area contributed by atoms with E-state index < -0.39 is 0 Å². The van der Waals surface area contributed by atoms with Crippen molar-refractivity contribution in [3.63, 3.8) is 0 Å². The highest BCUT2D eigenvalue weighted by Crippen LogP contribution is 2.46. The molecule has 11 heteroatoms. The number of anilines is 3. The molecule has 4 aromatic rings. The summed E-state index contributed by atoms with van der Waals surface area (Å²) >= 11 is 6.21. The molecule has 38 heavy (non-hydrogen) atoms. The topological polar surface area (TPSA) is 109 Å². The zero-order valence-corrected chi connectivity index (χ0v) is 22.2. The van der Waals surface area contributed by atoms with Crippen LogP contribution in [0, 0.1) is 5.41 Å². The maximum Gasteiger partial charge on any atom is 0.323 e. The Morgan fingerprint density at radius 3 is 2.71 bits per heavy atom. The van der Waals surface area contributed by atoms with E-state index in [9.17, 15) is 4.79 Å². The molecule has 1 aliphatic heterocycles. The number of hydrogen-bond donors (Lipinski definition) is 4. The van der Waals surface area contributed by atoms with E-state index in [0.717, 1.165) is 56.3 Å². The maximum absolute atomic E-state index is 11.7. The molecule has 3 aromatic heterocycles. The van der Waals surface area contributed by atoms with Gasteiger partial charge in [-0.15, -0.1) is 0 Å². The SMILES string of the molecule is C=c1[nH]c(=O)[nH]/c1=C\c1cnn2c(NCC3(CN4CCN(C)CC4)CC3)cc(Nc3cccc(Cl)c3)nc12. The smallest absolute Gasteiger partial charge is 0.323 e. The zero-order chi connectivity index (χ0) is 26.3. The second-order valence-electron chi connectivity index (χ2n) is 10.5. The molecule has 0 spiro atoms.